The molecule has 2 rings (SSSR count). The van der Waals surface area contributed by atoms with E-state index >= 15 is 0 Å². The third-order valence-electron chi connectivity index (χ3n) is 6.81. The van der Waals surface area contributed by atoms with Gasteiger partial charge < -0.3 is 18.8 Å². The fraction of sp³-hybridized carbons (Fsp3) is 0.708. The number of Topliss-reactive ketones (excluding diaryl/α,β-unsaturated/α-hetero) is 1. The van der Waals surface area contributed by atoms with E-state index in [0.717, 1.165) is 11.6 Å². The highest BCUT2D eigenvalue weighted by Gasteiger charge is 2.46. The Morgan fingerprint density at radius 1 is 1.28 bits per heavy atom. The van der Waals surface area contributed by atoms with E-state index in [1.165, 1.54) is 0 Å². The van der Waals surface area contributed by atoms with Crippen LogP contribution < -0.4 is 0 Å². The van der Waals surface area contributed by atoms with E-state index in [9.17, 15) is 9.90 Å². The number of halogens is 1. The molecule has 1 aromatic rings. The first-order chi connectivity index (χ1) is 14.5. The number of carbonyl (C=O) groups is 1. The van der Waals surface area contributed by atoms with Gasteiger partial charge in [0.25, 0.3) is 0 Å². The molecule has 0 fully saturated rings. The van der Waals surface area contributed by atoms with Crippen LogP contribution in [0.4, 0.5) is 0 Å². The fourth-order valence-corrected chi connectivity index (χ4v) is 6.04. The summed E-state index contributed by atoms with van der Waals surface area (Å²) in [5, 5.41) is 11.6. The van der Waals surface area contributed by atoms with Gasteiger partial charge in [0, 0.05) is 38.2 Å². The van der Waals surface area contributed by atoms with E-state index in [1.54, 1.807) is 4.57 Å². The first-order valence-electron chi connectivity index (χ1n) is 11.5. The molecule has 0 bridgehead atoms. The van der Waals surface area contributed by atoms with Gasteiger partial charge in [-0.25, -0.2) is 0 Å². The fourth-order valence-electron chi connectivity index (χ4n) is 3.42. The molecule has 1 N–H and O–H groups in total. The Labute approximate surface area is 204 Å². The normalized spacial score (nSPS) is 22.7. The number of rotatable bonds is 9. The summed E-state index contributed by atoms with van der Waals surface area (Å²) in [7, 11) is -3.23. The molecular formula is C24H42BrNO4Si2. The molecule has 0 saturated heterocycles. The van der Waals surface area contributed by atoms with Crippen molar-refractivity contribution < 1.29 is 19.1 Å². The molecule has 1 aromatic heterocycles. The average Bonchev–Trinajstić information content (AvgIpc) is 2.99. The lowest BCUT2D eigenvalue weighted by Gasteiger charge is -2.43. The van der Waals surface area contributed by atoms with Gasteiger partial charge >= 0.3 is 0 Å². The Kier molecular flexibility index (Phi) is 8.66. The van der Waals surface area contributed by atoms with Crippen molar-refractivity contribution >= 4 is 38.1 Å². The molecule has 0 amide bonds. The van der Waals surface area contributed by atoms with Crippen LogP contribution in [0.25, 0.3) is 0 Å². The second-order valence-corrected chi connectivity index (χ2v) is 23.1. The summed E-state index contributed by atoms with van der Waals surface area (Å²) in [5.74, 6) is -0.282. The molecule has 0 saturated carbocycles. The van der Waals surface area contributed by atoms with Crippen LogP contribution in [-0.2, 0) is 15.9 Å². The smallest absolute Gasteiger partial charge is 0.212 e. The van der Waals surface area contributed by atoms with Gasteiger partial charge in [0.05, 0.1) is 6.10 Å². The van der Waals surface area contributed by atoms with Crippen LogP contribution in [-0.4, -0.2) is 50.2 Å². The van der Waals surface area contributed by atoms with Crippen molar-refractivity contribution in [3.63, 3.8) is 0 Å². The number of aliphatic hydroxyl groups is 1. The van der Waals surface area contributed by atoms with Gasteiger partial charge in [0.1, 0.15) is 18.0 Å². The zero-order valence-corrected chi connectivity index (χ0v) is 24.9. The van der Waals surface area contributed by atoms with Gasteiger partial charge in [-0.1, -0.05) is 46.5 Å². The van der Waals surface area contributed by atoms with Crippen LogP contribution in [0.5, 0.6) is 0 Å². The molecule has 5 nitrogen and oxygen atoms in total. The number of aromatic nitrogens is 1. The molecule has 0 unspecified atom stereocenters. The predicted octanol–water partition coefficient (Wildman–Crippen LogP) is 6.61. The van der Waals surface area contributed by atoms with Crippen molar-refractivity contribution in [2.75, 3.05) is 6.61 Å². The lowest BCUT2D eigenvalue weighted by Crippen LogP contribution is -2.50. The lowest BCUT2D eigenvalue weighted by atomic mass is 9.80. The minimum atomic E-state index is -2.05. The van der Waals surface area contributed by atoms with Crippen LogP contribution in [0.15, 0.2) is 28.4 Å². The zero-order chi connectivity index (χ0) is 24.5. The van der Waals surface area contributed by atoms with E-state index < -0.39 is 22.0 Å². The average molecular weight is 545 g/mol. The third-order valence-corrected chi connectivity index (χ3v) is 13.6. The molecule has 1 heterocycles. The summed E-state index contributed by atoms with van der Waals surface area (Å²) in [6.07, 6.45) is 4.11. The molecule has 1 aliphatic carbocycles. The molecule has 32 heavy (non-hydrogen) atoms. The second kappa shape index (κ2) is 10.00. The molecule has 0 aromatic carbocycles. The molecule has 1 aliphatic rings. The molecule has 2 atom stereocenters. The van der Waals surface area contributed by atoms with Gasteiger partial charge in [-0.15, -0.1) is 0 Å². The van der Waals surface area contributed by atoms with Gasteiger partial charge in [0.15, 0.2) is 8.32 Å². The third kappa shape index (κ3) is 6.76. The maximum absolute atomic E-state index is 13.6. The van der Waals surface area contributed by atoms with E-state index in [2.05, 4.69) is 69.4 Å². The first kappa shape index (κ1) is 27.7. The van der Waals surface area contributed by atoms with Gasteiger partial charge in [-0.3, -0.25) is 4.79 Å². The second-order valence-electron chi connectivity index (χ2n) is 11.9. The van der Waals surface area contributed by atoms with Crippen molar-refractivity contribution in [3.8, 4) is 0 Å². The SMILES string of the molecule is CC1=CC[C@](O)(C(=O)c2c(Br)ccn2COCC[Si](C)(C)C)C[C@H]1O[Si](C)(C)C(C)(C)C. The highest BCUT2D eigenvalue weighted by molar-refractivity contribution is 9.10. The van der Waals surface area contributed by atoms with Crippen LogP contribution >= 0.6 is 15.9 Å². The Bertz CT molecular complexity index is 851. The van der Waals surface area contributed by atoms with E-state index in [-0.39, 0.29) is 23.3 Å². The van der Waals surface area contributed by atoms with Crippen LogP contribution in [0.1, 0.15) is 51.0 Å². The standard InChI is InChI=1S/C24H42BrNO4Si2/c1-18-10-12-24(28,16-20(18)30-32(8,9)23(2,3)4)22(27)21-19(25)11-13-26(21)17-29-14-15-31(5,6)7/h10-11,13,20,28H,12,14-17H2,1-9H3/t20-,24-/m1/s1. The van der Waals surface area contributed by atoms with Crippen LogP contribution in [0.3, 0.4) is 0 Å². The predicted molar refractivity (Wildman–Crippen MR) is 141 cm³/mol. The number of hydrogen-bond donors (Lipinski definition) is 1. The van der Waals surface area contributed by atoms with E-state index in [1.807, 2.05) is 25.3 Å². The number of hydrogen-bond acceptors (Lipinski definition) is 4. The van der Waals surface area contributed by atoms with Crippen molar-refractivity contribution in [2.45, 2.75) is 103 Å². The Morgan fingerprint density at radius 2 is 1.91 bits per heavy atom. The minimum absolute atomic E-state index is 0.0534. The van der Waals surface area contributed by atoms with Crippen molar-refractivity contribution in [1.29, 1.82) is 0 Å². The van der Waals surface area contributed by atoms with Gasteiger partial charge in [-0.05, 0) is 58.7 Å². The van der Waals surface area contributed by atoms with Crippen LogP contribution in [0.2, 0.25) is 43.8 Å². The Hall–Kier alpha value is -0.516. The highest BCUT2D eigenvalue weighted by atomic mass is 79.9. The van der Waals surface area contributed by atoms with Crippen molar-refractivity contribution in [3.05, 3.63) is 34.1 Å². The summed E-state index contributed by atoms with van der Waals surface area (Å²) < 4.78 is 15.0. The number of nitrogens with zero attached hydrogens (tertiary/aromatic N) is 1. The number of ketones is 1. The molecule has 0 aliphatic heterocycles. The monoisotopic (exact) mass is 543 g/mol. The van der Waals surface area contributed by atoms with Crippen molar-refractivity contribution in [2.24, 2.45) is 0 Å². The Balaban J connectivity index is 2.20. The number of carbonyl (C=O) groups excluding carboxylic acids is 1. The molecule has 0 spiro atoms. The number of ether oxygens (including phenoxy) is 1. The lowest BCUT2D eigenvalue weighted by molar-refractivity contribution is 0.00322. The van der Waals surface area contributed by atoms with Gasteiger partial charge in [0.2, 0.25) is 5.78 Å². The molecule has 0 radical (unpaired) electrons. The minimum Gasteiger partial charge on any atom is -0.410 e. The summed E-state index contributed by atoms with van der Waals surface area (Å²) in [5.41, 5.74) is 0.0553. The zero-order valence-electron chi connectivity index (χ0n) is 21.3. The first-order valence-corrected chi connectivity index (χ1v) is 18.9. The summed E-state index contributed by atoms with van der Waals surface area (Å²) in [6.45, 7) is 21.0. The molecule has 8 heteroatoms. The highest BCUT2D eigenvalue weighted by Crippen LogP contribution is 2.41. The summed E-state index contributed by atoms with van der Waals surface area (Å²) in [6, 6.07) is 2.91. The maximum Gasteiger partial charge on any atom is 0.212 e. The largest absolute Gasteiger partial charge is 0.410 e. The topological polar surface area (TPSA) is 60.7 Å². The molecule has 182 valence electrons. The maximum atomic E-state index is 13.6. The van der Waals surface area contributed by atoms with E-state index in [0.29, 0.717) is 29.9 Å². The Morgan fingerprint density at radius 3 is 2.47 bits per heavy atom. The van der Waals surface area contributed by atoms with Gasteiger partial charge in [-0.2, -0.15) is 0 Å². The molecular weight excluding hydrogens is 502 g/mol. The van der Waals surface area contributed by atoms with Crippen molar-refractivity contribution in [1.82, 2.24) is 4.57 Å². The van der Waals surface area contributed by atoms with Crippen LogP contribution in [0, 0.1) is 0 Å². The summed E-state index contributed by atoms with van der Waals surface area (Å²) >= 11 is 3.51. The van der Waals surface area contributed by atoms with E-state index in [4.69, 9.17) is 9.16 Å². The summed E-state index contributed by atoms with van der Waals surface area (Å²) in [4.78, 5) is 13.6. The quantitative estimate of drug-likeness (QED) is 0.165.